The van der Waals surface area contributed by atoms with Crippen LogP contribution in [-0.4, -0.2) is 60.9 Å². The highest BCUT2D eigenvalue weighted by molar-refractivity contribution is 7.89. The van der Waals surface area contributed by atoms with Crippen molar-refractivity contribution in [2.24, 2.45) is 5.92 Å². The van der Waals surface area contributed by atoms with Crippen molar-refractivity contribution in [1.82, 2.24) is 9.21 Å². The molecule has 0 aromatic heterocycles. The maximum Gasteiger partial charge on any atom is 0.253 e. The van der Waals surface area contributed by atoms with Gasteiger partial charge in [0.1, 0.15) is 0 Å². The van der Waals surface area contributed by atoms with Gasteiger partial charge in [-0.15, -0.1) is 0 Å². The Balaban J connectivity index is 1.72. The number of amides is 1. The molecule has 0 bridgehead atoms. The van der Waals surface area contributed by atoms with Crippen LogP contribution in [0, 0.1) is 5.92 Å². The fraction of sp³-hybridized carbons (Fsp3) is 0.611. The number of β-amino-alcohol motifs (C(OH)–C–C–N with tert-alkyl or cyclic N) is 1. The third-order valence-corrected chi connectivity index (χ3v) is 7.05. The lowest BCUT2D eigenvalue weighted by Gasteiger charge is -2.30. The molecule has 2 saturated heterocycles. The lowest BCUT2D eigenvalue weighted by atomic mass is 9.98. The Kier molecular flexibility index (Phi) is 5.46. The highest BCUT2D eigenvalue weighted by atomic mass is 32.2. The van der Waals surface area contributed by atoms with Gasteiger partial charge in [-0.3, -0.25) is 4.79 Å². The van der Waals surface area contributed by atoms with Crippen LogP contribution in [0.3, 0.4) is 0 Å². The lowest BCUT2D eigenvalue weighted by molar-refractivity contribution is 0.0697. The van der Waals surface area contributed by atoms with Crippen LogP contribution in [0.15, 0.2) is 29.2 Å². The van der Waals surface area contributed by atoms with Crippen molar-refractivity contribution >= 4 is 15.9 Å². The van der Waals surface area contributed by atoms with E-state index in [1.54, 1.807) is 12.1 Å². The van der Waals surface area contributed by atoms with Crippen LogP contribution >= 0.6 is 0 Å². The zero-order chi connectivity index (χ0) is 18.0. The Hall–Kier alpha value is -1.44. The summed E-state index contributed by atoms with van der Waals surface area (Å²) in [5.41, 5.74) is 0.521. The third-order valence-electron chi connectivity index (χ3n) is 5.17. The van der Waals surface area contributed by atoms with Gasteiger partial charge in [-0.25, -0.2) is 8.42 Å². The minimum Gasteiger partial charge on any atom is -0.392 e. The number of carbonyl (C=O) groups excluding carboxylic acids is 1. The number of nitrogens with zero attached hydrogens (tertiary/aromatic N) is 2. The van der Waals surface area contributed by atoms with Gasteiger partial charge in [0.15, 0.2) is 0 Å². The van der Waals surface area contributed by atoms with Gasteiger partial charge >= 0.3 is 0 Å². The Labute approximate surface area is 149 Å². The van der Waals surface area contributed by atoms with Crippen molar-refractivity contribution in [2.45, 2.75) is 43.6 Å². The standard InChI is InChI=1S/C18H26N2O4S/c1-14-8-11-19(12-9-14)18(22)15-4-6-17(7-5-15)25(23,24)20-10-2-3-16(21)13-20/h4-7,14,16,21H,2-3,8-13H2,1H3. The highest BCUT2D eigenvalue weighted by Crippen LogP contribution is 2.22. The van der Waals surface area contributed by atoms with Crippen molar-refractivity contribution < 1.29 is 18.3 Å². The Morgan fingerprint density at radius 1 is 1.08 bits per heavy atom. The van der Waals surface area contributed by atoms with E-state index in [9.17, 15) is 18.3 Å². The number of aliphatic hydroxyl groups is 1. The van der Waals surface area contributed by atoms with Gasteiger partial charge in [-0.1, -0.05) is 6.92 Å². The predicted octanol–water partition coefficient (Wildman–Crippen LogP) is 1.70. The first-order valence-corrected chi connectivity index (χ1v) is 10.4. The number of hydrogen-bond acceptors (Lipinski definition) is 4. The summed E-state index contributed by atoms with van der Waals surface area (Å²) in [6.07, 6.45) is 2.70. The molecule has 0 aliphatic carbocycles. The van der Waals surface area contributed by atoms with E-state index < -0.39 is 16.1 Å². The molecule has 6 nitrogen and oxygen atoms in total. The van der Waals surface area contributed by atoms with Crippen molar-refractivity contribution in [2.75, 3.05) is 26.2 Å². The Bertz CT molecular complexity index is 709. The quantitative estimate of drug-likeness (QED) is 0.883. The number of sulfonamides is 1. The summed E-state index contributed by atoms with van der Waals surface area (Å²) < 4.78 is 26.7. The fourth-order valence-corrected chi connectivity index (χ4v) is 4.97. The molecule has 1 aromatic carbocycles. The van der Waals surface area contributed by atoms with E-state index in [1.165, 1.54) is 16.4 Å². The van der Waals surface area contributed by atoms with Gasteiger partial charge in [0.25, 0.3) is 5.91 Å². The average Bonchev–Trinajstić information content (AvgIpc) is 2.62. The van der Waals surface area contributed by atoms with Crippen molar-refractivity contribution in [3.63, 3.8) is 0 Å². The maximum absolute atomic E-state index is 12.7. The van der Waals surface area contributed by atoms with Crippen LogP contribution in [0.25, 0.3) is 0 Å². The first kappa shape index (κ1) is 18.4. The summed E-state index contributed by atoms with van der Waals surface area (Å²) in [6.45, 7) is 4.26. The van der Waals surface area contributed by atoms with E-state index in [-0.39, 0.29) is 17.3 Å². The molecule has 1 amide bonds. The lowest BCUT2D eigenvalue weighted by Crippen LogP contribution is -2.42. The van der Waals surface area contributed by atoms with E-state index in [1.807, 2.05) is 4.90 Å². The number of aliphatic hydroxyl groups excluding tert-OH is 1. The molecule has 3 rings (SSSR count). The molecule has 2 fully saturated rings. The van der Waals surface area contributed by atoms with Crippen LogP contribution in [0.4, 0.5) is 0 Å². The van der Waals surface area contributed by atoms with E-state index in [0.717, 1.165) is 25.9 Å². The zero-order valence-electron chi connectivity index (χ0n) is 14.6. The van der Waals surface area contributed by atoms with Gasteiger partial charge < -0.3 is 10.0 Å². The molecule has 0 saturated carbocycles. The molecule has 0 radical (unpaired) electrons. The Morgan fingerprint density at radius 3 is 2.32 bits per heavy atom. The predicted molar refractivity (Wildman–Crippen MR) is 94.7 cm³/mol. The molecule has 7 heteroatoms. The zero-order valence-corrected chi connectivity index (χ0v) is 15.4. The molecule has 2 aliphatic heterocycles. The van der Waals surface area contributed by atoms with Gasteiger partial charge in [-0.05, 0) is 55.9 Å². The van der Waals surface area contributed by atoms with Gasteiger partial charge in [0, 0.05) is 31.7 Å². The van der Waals surface area contributed by atoms with Crippen LogP contribution < -0.4 is 0 Å². The summed E-state index contributed by atoms with van der Waals surface area (Å²) in [4.78, 5) is 14.6. The first-order valence-electron chi connectivity index (χ1n) is 8.95. The summed E-state index contributed by atoms with van der Waals surface area (Å²) in [5.74, 6) is 0.612. The molecule has 0 spiro atoms. The minimum absolute atomic E-state index is 0.0377. The first-order chi connectivity index (χ1) is 11.9. The van der Waals surface area contributed by atoms with E-state index >= 15 is 0 Å². The van der Waals surface area contributed by atoms with Gasteiger partial charge in [-0.2, -0.15) is 4.31 Å². The van der Waals surface area contributed by atoms with Crippen LogP contribution in [0.1, 0.15) is 43.0 Å². The molecule has 1 N–H and O–H groups in total. The molecule has 2 heterocycles. The summed E-state index contributed by atoms with van der Waals surface area (Å²) in [6, 6.07) is 6.17. The molecule has 1 aromatic rings. The van der Waals surface area contributed by atoms with Gasteiger partial charge in [0.2, 0.25) is 10.0 Å². The number of rotatable bonds is 3. The van der Waals surface area contributed by atoms with Crippen LogP contribution in [-0.2, 0) is 10.0 Å². The summed E-state index contributed by atoms with van der Waals surface area (Å²) in [5, 5.41) is 9.71. The number of likely N-dealkylation sites (tertiary alicyclic amines) is 1. The number of carbonyl (C=O) groups is 1. The number of hydrogen-bond donors (Lipinski definition) is 1. The highest BCUT2D eigenvalue weighted by Gasteiger charge is 2.29. The molecular weight excluding hydrogens is 340 g/mol. The molecule has 1 unspecified atom stereocenters. The topological polar surface area (TPSA) is 77.9 Å². The summed E-state index contributed by atoms with van der Waals surface area (Å²) in [7, 11) is -3.62. The molecule has 1 atom stereocenters. The second kappa shape index (κ2) is 7.43. The molecule has 2 aliphatic rings. The fourth-order valence-electron chi connectivity index (χ4n) is 3.45. The molecule has 25 heavy (non-hydrogen) atoms. The summed E-state index contributed by atoms with van der Waals surface area (Å²) >= 11 is 0. The monoisotopic (exact) mass is 366 g/mol. The van der Waals surface area contributed by atoms with E-state index in [2.05, 4.69) is 6.92 Å². The van der Waals surface area contributed by atoms with Gasteiger partial charge in [0.05, 0.1) is 11.0 Å². The van der Waals surface area contributed by atoms with Crippen LogP contribution in [0.2, 0.25) is 0 Å². The van der Waals surface area contributed by atoms with E-state index in [4.69, 9.17) is 0 Å². The minimum atomic E-state index is -3.62. The van der Waals surface area contributed by atoms with Crippen molar-refractivity contribution in [1.29, 1.82) is 0 Å². The smallest absolute Gasteiger partial charge is 0.253 e. The maximum atomic E-state index is 12.7. The average molecular weight is 366 g/mol. The second-order valence-corrected chi connectivity index (χ2v) is 9.10. The molecular formula is C18H26N2O4S. The largest absolute Gasteiger partial charge is 0.392 e. The molecule has 138 valence electrons. The SMILES string of the molecule is CC1CCN(C(=O)c2ccc(S(=O)(=O)N3CCCC(O)C3)cc2)CC1. The van der Waals surface area contributed by atoms with Crippen molar-refractivity contribution in [3.05, 3.63) is 29.8 Å². The van der Waals surface area contributed by atoms with Crippen molar-refractivity contribution in [3.8, 4) is 0 Å². The third kappa shape index (κ3) is 4.04. The van der Waals surface area contributed by atoms with Crippen LogP contribution in [0.5, 0.6) is 0 Å². The Morgan fingerprint density at radius 2 is 1.72 bits per heavy atom. The number of benzene rings is 1. The normalized spacial score (nSPS) is 23.6. The van der Waals surface area contributed by atoms with E-state index in [0.29, 0.717) is 30.9 Å². The number of piperidine rings is 2. The second-order valence-electron chi connectivity index (χ2n) is 7.16.